The van der Waals surface area contributed by atoms with Gasteiger partial charge in [0.05, 0.1) is 34.8 Å². The van der Waals surface area contributed by atoms with Gasteiger partial charge in [0.15, 0.2) is 5.79 Å². The summed E-state index contributed by atoms with van der Waals surface area (Å²) < 4.78 is 8.11. The van der Waals surface area contributed by atoms with E-state index in [0.717, 1.165) is 46.0 Å². The third kappa shape index (κ3) is 4.55. The van der Waals surface area contributed by atoms with Gasteiger partial charge in [-0.1, -0.05) is 23.7 Å². The number of anilines is 1. The highest BCUT2D eigenvalue weighted by molar-refractivity contribution is 6.33. The lowest BCUT2D eigenvalue weighted by Gasteiger charge is -2.26. The molecular formula is C24H25ClN6O2. The van der Waals surface area contributed by atoms with Gasteiger partial charge < -0.3 is 20.1 Å². The van der Waals surface area contributed by atoms with E-state index in [4.69, 9.17) is 22.1 Å². The summed E-state index contributed by atoms with van der Waals surface area (Å²) in [5, 5.41) is 11.6. The van der Waals surface area contributed by atoms with Crippen LogP contribution in [0.4, 0.5) is 5.82 Å². The summed E-state index contributed by atoms with van der Waals surface area (Å²) in [6.07, 6.45) is 9.30. The van der Waals surface area contributed by atoms with Gasteiger partial charge in [0, 0.05) is 12.6 Å². The van der Waals surface area contributed by atoms with Crippen LogP contribution in [-0.4, -0.2) is 41.5 Å². The molecule has 0 amide bonds. The van der Waals surface area contributed by atoms with E-state index in [-0.39, 0.29) is 12.1 Å². The number of hydrogen-bond donors (Lipinski definition) is 2. The van der Waals surface area contributed by atoms with Crippen molar-refractivity contribution in [3.8, 4) is 0 Å². The monoisotopic (exact) mass is 464 g/mol. The van der Waals surface area contributed by atoms with Crippen molar-refractivity contribution in [2.24, 2.45) is 0 Å². The van der Waals surface area contributed by atoms with Gasteiger partial charge in [-0.05, 0) is 56.0 Å². The van der Waals surface area contributed by atoms with Crippen LogP contribution in [0.5, 0.6) is 0 Å². The van der Waals surface area contributed by atoms with Crippen LogP contribution in [-0.2, 0) is 11.2 Å². The first-order valence-electron chi connectivity index (χ1n) is 10.9. The lowest BCUT2D eigenvalue weighted by atomic mass is 10.0. The molecule has 3 aromatic heterocycles. The summed E-state index contributed by atoms with van der Waals surface area (Å²) >= 11 is 6.24. The van der Waals surface area contributed by atoms with Crippen LogP contribution >= 0.6 is 11.6 Å². The van der Waals surface area contributed by atoms with E-state index in [1.165, 1.54) is 6.33 Å². The molecule has 0 radical (unpaired) electrons. The Morgan fingerprint density at radius 3 is 2.85 bits per heavy atom. The molecule has 0 saturated carbocycles. The first-order chi connectivity index (χ1) is 15.8. The average molecular weight is 465 g/mol. The second-order valence-electron chi connectivity index (χ2n) is 8.84. The molecule has 0 bridgehead atoms. The van der Waals surface area contributed by atoms with Gasteiger partial charge >= 0.3 is 0 Å². The van der Waals surface area contributed by atoms with E-state index in [9.17, 15) is 5.11 Å². The van der Waals surface area contributed by atoms with Crippen LogP contribution in [0.25, 0.3) is 22.1 Å². The SMILES string of the molecule is CC(C)(O)O[C@H]1C[C@H](n2ccc3c(Cl)ncnc32)C=C1CCc1ccc2ncc(N)nc2c1. The smallest absolute Gasteiger partial charge is 0.160 e. The molecule has 1 aromatic carbocycles. The van der Waals surface area contributed by atoms with Crippen molar-refractivity contribution in [2.75, 3.05) is 5.73 Å². The number of ether oxygens (including phenoxy) is 1. The van der Waals surface area contributed by atoms with Gasteiger partial charge in [0.25, 0.3) is 0 Å². The number of nitrogen functional groups attached to an aromatic ring is 1. The number of hydrogen-bond acceptors (Lipinski definition) is 7. The zero-order valence-electron chi connectivity index (χ0n) is 18.4. The van der Waals surface area contributed by atoms with Crippen molar-refractivity contribution >= 4 is 39.5 Å². The summed E-state index contributed by atoms with van der Waals surface area (Å²) in [4.78, 5) is 17.2. The van der Waals surface area contributed by atoms with E-state index in [1.807, 2.05) is 24.4 Å². The van der Waals surface area contributed by atoms with Gasteiger partial charge in [-0.15, -0.1) is 0 Å². The number of aryl methyl sites for hydroxylation is 1. The fraction of sp³-hybridized carbons (Fsp3) is 0.333. The molecule has 4 aromatic rings. The van der Waals surface area contributed by atoms with E-state index < -0.39 is 5.79 Å². The second-order valence-corrected chi connectivity index (χ2v) is 9.20. The molecule has 33 heavy (non-hydrogen) atoms. The molecule has 9 heteroatoms. The number of allylic oxidation sites excluding steroid dienone is 1. The molecule has 170 valence electrons. The Labute approximate surface area is 196 Å². The molecule has 1 aliphatic carbocycles. The van der Waals surface area contributed by atoms with Crippen molar-refractivity contribution in [2.45, 2.75) is 51.0 Å². The maximum absolute atomic E-state index is 10.3. The van der Waals surface area contributed by atoms with Crippen LogP contribution in [0.2, 0.25) is 5.15 Å². The van der Waals surface area contributed by atoms with Crippen molar-refractivity contribution in [1.29, 1.82) is 0 Å². The molecule has 2 atom stereocenters. The summed E-state index contributed by atoms with van der Waals surface area (Å²) in [5.41, 5.74) is 10.5. The number of benzene rings is 1. The molecule has 1 aliphatic rings. The Morgan fingerprint density at radius 1 is 1.18 bits per heavy atom. The average Bonchev–Trinajstić information content (AvgIpc) is 3.35. The first kappa shape index (κ1) is 21.8. The minimum absolute atomic E-state index is 0.0399. The highest BCUT2D eigenvalue weighted by atomic mass is 35.5. The van der Waals surface area contributed by atoms with Crippen molar-refractivity contribution in [1.82, 2.24) is 24.5 Å². The number of halogens is 1. The molecule has 3 heterocycles. The van der Waals surface area contributed by atoms with E-state index >= 15 is 0 Å². The number of nitrogens with two attached hydrogens (primary N) is 1. The topological polar surface area (TPSA) is 112 Å². The van der Waals surface area contributed by atoms with Crippen molar-refractivity contribution in [3.05, 3.63) is 65.4 Å². The molecule has 8 nitrogen and oxygen atoms in total. The Bertz CT molecular complexity index is 1360. The first-order valence-corrected chi connectivity index (χ1v) is 11.2. The normalized spacial score (nSPS) is 18.8. The number of nitrogens with zero attached hydrogens (tertiary/aromatic N) is 5. The van der Waals surface area contributed by atoms with Gasteiger partial charge in [-0.2, -0.15) is 0 Å². The third-order valence-corrected chi connectivity index (χ3v) is 6.15. The van der Waals surface area contributed by atoms with Crippen LogP contribution < -0.4 is 5.73 Å². The minimum Gasteiger partial charge on any atom is -0.382 e. The Morgan fingerprint density at radius 2 is 2.03 bits per heavy atom. The highest BCUT2D eigenvalue weighted by Crippen LogP contribution is 2.37. The summed E-state index contributed by atoms with van der Waals surface area (Å²) in [6.45, 7) is 3.31. The van der Waals surface area contributed by atoms with Crippen LogP contribution in [0.15, 0.2) is 54.6 Å². The van der Waals surface area contributed by atoms with E-state index in [1.54, 1.807) is 20.0 Å². The van der Waals surface area contributed by atoms with Gasteiger partial charge in [-0.3, -0.25) is 4.98 Å². The van der Waals surface area contributed by atoms with Crippen LogP contribution in [0.1, 0.15) is 38.3 Å². The van der Waals surface area contributed by atoms with Gasteiger partial charge in [0.1, 0.15) is 22.9 Å². The standard InChI is InChI=1S/C24H25ClN6O2/c1-24(2,32)33-20-11-16(31-8-7-17-22(25)28-13-29-23(17)31)10-15(20)5-3-14-4-6-18-19(9-14)30-21(26)12-27-18/h4,6-10,12-13,16,20,32H,3,5,11H2,1-2H3,(H2,26,30)/t16-,20+/m1/s1. The quantitative estimate of drug-likeness (QED) is 0.249. The highest BCUT2D eigenvalue weighted by Gasteiger charge is 2.32. The Balaban J connectivity index is 1.41. The fourth-order valence-corrected chi connectivity index (χ4v) is 4.62. The third-order valence-electron chi connectivity index (χ3n) is 5.85. The van der Waals surface area contributed by atoms with Crippen molar-refractivity contribution < 1.29 is 9.84 Å². The summed E-state index contributed by atoms with van der Waals surface area (Å²) in [7, 11) is 0. The lowest BCUT2D eigenvalue weighted by Crippen LogP contribution is -2.30. The Hall–Kier alpha value is -3.07. The van der Waals surface area contributed by atoms with E-state index in [0.29, 0.717) is 17.4 Å². The number of fused-ring (bicyclic) bond motifs is 2. The summed E-state index contributed by atoms with van der Waals surface area (Å²) in [6, 6.07) is 8.01. The van der Waals surface area contributed by atoms with Crippen LogP contribution in [0, 0.1) is 0 Å². The number of aromatic nitrogens is 5. The maximum Gasteiger partial charge on any atom is 0.160 e. The molecule has 5 rings (SSSR count). The fourth-order valence-electron chi connectivity index (χ4n) is 4.43. The largest absolute Gasteiger partial charge is 0.382 e. The molecule has 0 unspecified atom stereocenters. The zero-order chi connectivity index (χ0) is 23.2. The van der Waals surface area contributed by atoms with Crippen LogP contribution in [0.3, 0.4) is 0 Å². The van der Waals surface area contributed by atoms with Crippen molar-refractivity contribution in [3.63, 3.8) is 0 Å². The molecule has 0 aliphatic heterocycles. The van der Waals surface area contributed by atoms with Gasteiger partial charge in [-0.25, -0.2) is 15.0 Å². The number of aliphatic hydroxyl groups is 1. The zero-order valence-corrected chi connectivity index (χ0v) is 19.2. The summed E-state index contributed by atoms with van der Waals surface area (Å²) in [5.74, 6) is -0.832. The minimum atomic E-state index is -1.24. The Kier molecular flexibility index (Phi) is 5.52. The molecule has 0 spiro atoms. The van der Waals surface area contributed by atoms with E-state index in [2.05, 4.69) is 36.6 Å². The predicted octanol–water partition coefficient (Wildman–Crippen LogP) is 4.23. The van der Waals surface area contributed by atoms with Gasteiger partial charge in [0.2, 0.25) is 0 Å². The molecule has 0 fully saturated rings. The molecule has 3 N–H and O–H groups in total. The second kappa shape index (κ2) is 8.37. The molecular weight excluding hydrogens is 440 g/mol. The maximum atomic E-state index is 10.3. The number of rotatable bonds is 6. The predicted molar refractivity (Wildman–Crippen MR) is 128 cm³/mol. The lowest BCUT2D eigenvalue weighted by molar-refractivity contribution is -0.197. The molecule has 0 saturated heterocycles.